The second-order valence-corrected chi connectivity index (χ2v) is 5.23. The van der Waals surface area contributed by atoms with Crippen LogP contribution >= 0.6 is 15.9 Å². The van der Waals surface area contributed by atoms with Gasteiger partial charge in [0.25, 0.3) is 0 Å². The maximum Gasteiger partial charge on any atom is 0.146 e. The highest BCUT2D eigenvalue weighted by molar-refractivity contribution is 9.10. The molecule has 20 heavy (non-hydrogen) atoms. The molecular weight excluding hydrogens is 314 g/mol. The third kappa shape index (κ3) is 3.03. The van der Waals surface area contributed by atoms with Crippen molar-refractivity contribution in [2.45, 2.75) is 0 Å². The van der Waals surface area contributed by atoms with Gasteiger partial charge in [0.15, 0.2) is 0 Å². The lowest BCUT2D eigenvalue weighted by atomic mass is 10.2. The van der Waals surface area contributed by atoms with Crippen LogP contribution in [0.4, 0.5) is 5.82 Å². The zero-order valence-electron chi connectivity index (χ0n) is 10.6. The van der Waals surface area contributed by atoms with E-state index in [-0.39, 0.29) is 0 Å². The van der Waals surface area contributed by atoms with Gasteiger partial charge in [0.05, 0.1) is 11.7 Å². The van der Waals surface area contributed by atoms with Crippen LogP contribution in [0.15, 0.2) is 70.2 Å². The first-order chi connectivity index (χ1) is 9.81. The molecule has 3 aromatic rings. The lowest BCUT2D eigenvalue weighted by molar-refractivity contribution is 1.26. The fourth-order valence-electron chi connectivity index (χ4n) is 1.85. The highest BCUT2D eigenvalue weighted by Gasteiger charge is 1.95. The molecule has 0 aliphatic rings. The van der Waals surface area contributed by atoms with Gasteiger partial charge >= 0.3 is 0 Å². The number of fused-ring (bicyclic) bond motifs is 1. The number of aromatic nitrogens is 1. The van der Waals surface area contributed by atoms with Crippen molar-refractivity contribution in [1.82, 2.24) is 4.98 Å². The number of anilines is 1. The van der Waals surface area contributed by atoms with E-state index in [1.54, 1.807) is 6.21 Å². The quantitative estimate of drug-likeness (QED) is 0.570. The number of nitrogens with zero attached hydrogens (tertiary/aromatic N) is 2. The van der Waals surface area contributed by atoms with Gasteiger partial charge in [-0.15, -0.1) is 0 Å². The molecule has 0 amide bonds. The smallest absolute Gasteiger partial charge is 0.146 e. The van der Waals surface area contributed by atoms with Gasteiger partial charge in [-0.2, -0.15) is 5.10 Å². The molecule has 0 bridgehead atoms. The zero-order valence-corrected chi connectivity index (χ0v) is 12.2. The van der Waals surface area contributed by atoms with Crippen molar-refractivity contribution in [3.8, 4) is 0 Å². The predicted octanol–water partition coefficient (Wildman–Crippen LogP) is 4.44. The van der Waals surface area contributed by atoms with Crippen LogP contribution in [0.1, 0.15) is 5.56 Å². The Morgan fingerprint density at radius 1 is 0.950 bits per heavy atom. The predicted molar refractivity (Wildman–Crippen MR) is 87.1 cm³/mol. The Labute approximate surface area is 125 Å². The maximum absolute atomic E-state index is 4.49. The number of pyridine rings is 1. The van der Waals surface area contributed by atoms with Crippen LogP contribution < -0.4 is 5.43 Å². The fourth-order valence-corrected chi connectivity index (χ4v) is 2.11. The second kappa shape index (κ2) is 5.84. The summed E-state index contributed by atoms with van der Waals surface area (Å²) in [4.78, 5) is 4.49. The summed E-state index contributed by atoms with van der Waals surface area (Å²) in [6.07, 6.45) is 1.77. The number of hydrogen-bond acceptors (Lipinski definition) is 3. The van der Waals surface area contributed by atoms with Crippen LogP contribution in [0.2, 0.25) is 0 Å². The van der Waals surface area contributed by atoms with Crippen molar-refractivity contribution in [1.29, 1.82) is 0 Å². The van der Waals surface area contributed by atoms with Gasteiger partial charge in [0, 0.05) is 9.86 Å². The van der Waals surface area contributed by atoms with Crippen LogP contribution in [0, 0.1) is 0 Å². The maximum atomic E-state index is 4.49. The van der Waals surface area contributed by atoms with E-state index in [2.05, 4.69) is 31.4 Å². The first-order valence-electron chi connectivity index (χ1n) is 6.22. The van der Waals surface area contributed by atoms with E-state index in [0.29, 0.717) is 0 Å². The number of hydrogen-bond donors (Lipinski definition) is 1. The van der Waals surface area contributed by atoms with Crippen molar-refractivity contribution in [2.75, 3.05) is 5.43 Å². The summed E-state index contributed by atoms with van der Waals surface area (Å²) in [5.41, 5.74) is 4.93. The van der Waals surface area contributed by atoms with E-state index >= 15 is 0 Å². The van der Waals surface area contributed by atoms with Crippen LogP contribution in [-0.2, 0) is 0 Å². The first kappa shape index (κ1) is 12.8. The van der Waals surface area contributed by atoms with Crippen molar-refractivity contribution in [3.63, 3.8) is 0 Å². The van der Waals surface area contributed by atoms with Crippen molar-refractivity contribution in [2.24, 2.45) is 5.10 Å². The van der Waals surface area contributed by atoms with Crippen molar-refractivity contribution >= 4 is 38.9 Å². The highest BCUT2D eigenvalue weighted by Crippen LogP contribution is 2.14. The van der Waals surface area contributed by atoms with Crippen LogP contribution in [0.5, 0.6) is 0 Å². The summed E-state index contributed by atoms with van der Waals surface area (Å²) in [6.45, 7) is 0. The van der Waals surface area contributed by atoms with Crippen LogP contribution in [0.25, 0.3) is 10.9 Å². The van der Waals surface area contributed by atoms with E-state index in [9.17, 15) is 0 Å². The molecule has 0 saturated carbocycles. The van der Waals surface area contributed by atoms with E-state index in [0.717, 1.165) is 26.8 Å². The molecule has 98 valence electrons. The standard InChI is InChI=1S/C16H12BrN3/c17-14-8-5-12(6-9-14)11-18-20-16-10-7-13-3-1-2-4-15(13)19-16/h1-11H,(H,19,20)/b18-11+. The monoisotopic (exact) mass is 325 g/mol. The van der Waals surface area contributed by atoms with E-state index < -0.39 is 0 Å². The third-order valence-electron chi connectivity index (χ3n) is 2.86. The molecule has 0 aliphatic heterocycles. The third-order valence-corrected chi connectivity index (χ3v) is 3.39. The first-order valence-corrected chi connectivity index (χ1v) is 7.01. The Bertz CT molecular complexity index is 751. The van der Waals surface area contributed by atoms with Gasteiger partial charge in [-0.05, 0) is 35.9 Å². The second-order valence-electron chi connectivity index (χ2n) is 4.31. The highest BCUT2D eigenvalue weighted by atomic mass is 79.9. The molecule has 1 aromatic heterocycles. The van der Waals surface area contributed by atoms with Gasteiger partial charge in [0.1, 0.15) is 5.82 Å². The van der Waals surface area contributed by atoms with Crippen LogP contribution in [-0.4, -0.2) is 11.2 Å². The fraction of sp³-hybridized carbons (Fsp3) is 0. The van der Waals surface area contributed by atoms with Crippen molar-refractivity contribution in [3.05, 3.63) is 70.7 Å². The molecule has 0 saturated heterocycles. The number of halogens is 1. The topological polar surface area (TPSA) is 37.3 Å². The van der Waals surface area contributed by atoms with Gasteiger partial charge < -0.3 is 0 Å². The van der Waals surface area contributed by atoms with E-state index in [1.807, 2.05) is 60.7 Å². The molecule has 1 heterocycles. The molecule has 4 heteroatoms. The summed E-state index contributed by atoms with van der Waals surface area (Å²) in [5.74, 6) is 0.733. The van der Waals surface area contributed by atoms with Gasteiger partial charge in [-0.3, -0.25) is 5.43 Å². The minimum Gasteiger partial charge on any atom is -0.261 e. The number of para-hydroxylation sites is 1. The average molecular weight is 326 g/mol. The molecule has 1 N–H and O–H groups in total. The average Bonchev–Trinajstić information content (AvgIpc) is 2.49. The Morgan fingerprint density at radius 3 is 2.60 bits per heavy atom. The van der Waals surface area contributed by atoms with Gasteiger partial charge in [-0.25, -0.2) is 4.98 Å². The molecule has 0 fully saturated rings. The summed E-state index contributed by atoms with van der Waals surface area (Å²) < 4.78 is 1.05. The Morgan fingerprint density at radius 2 is 1.75 bits per heavy atom. The Balaban J connectivity index is 1.74. The summed E-state index contributed by atoms with van der Waals surface area (Å²) in [6, 6.07) is 19.9. The summed E-state index contributed by atoms with van der Waals surface area (Å²) in [5, 5.41) is 5.32. The van der Waals surface area contributed by atoms with Crippen LogP contribution in [0.3, 0.4) is 0 Å². The summed E-state index contributed by atoms with van der Waals surface area (Å²) in [7, 11) is 0. The molecule has 3 nitrogen and oxygen atoms in total. The van der Waals surface area contributed by atoms with Gasteiger partial charge in [-0.1, -0.05) is 46.3 Å². The molecular formula is C16H12BrN3. The molecule has 3 rings (SSSR count). The molecule has 2 aromatic carbocycles. The molecule has 0 spiro atoms. The number of rotatable bonds is 3. The Kier molecular flexibility index (Phi) is 3.74. The molecule has 0 unspecified atom stereocenters. The summed E-state index contributed by atoms with van der Waals surface area (Å²) >= 11 is 3.40. The number of benzene rings is 2. The SMILES string of the molecule is Brc1ccc(/C=N/Nc2ccc3ccccc3n2)cc1. The Hall–Kier alpha value is -2.20. The lowest BCUT2D eigenvalue weighted by Crippen LogP contribution is -1.93. The van der Waals surface area contributed by atoms with Gasteiger partial charge in [0.2, 0.25) is 0 Å². The minimum atomic E-state index is 0.733. The molecule has 0 atom stereocenters. The number of hydrazone groups is 1. The largest absolute Gasteiger partial charge is 0.261 e. The normalized spacial score (nSPS) is 11.1. The van der Waals surface area contributed by atoms with E-state index in [1.165, 1.54) is 0 Å². The minimum absolute atomic E-state index is 0.733. The molecule has 0 radical (unpaired) electrons. The number of nitrogens with one attached hydrogen (secondary N) is 1. The van der Waals surface area contributed by atoms with Crippen molar-refractivity contribution < 1.29 is 0 Å². The van der Waals surface area contributed by atoms with E-state index in [4.69, 9.17) is 0 Å². The lowest BCUT2D eigenvalue weighted by Gasteiger charge is -2.01. The molecule has 0 aliphatic carbocycles. The zero-order chi connectivity index (χ0) is 13.8.